The number of oxazole rings is 2. The average Bonchev–Trinajstić information content (AvgIpc) is 3.69. The zero-order chi connectivity index (χ0) is 25.9. The van der Waals surface area contributed by atoms with Crippen molar-refractivity contribution in [3.05, 3.63) is 48.9 Å². The van der Waals surface area contributed by atoms with E-state index in [0.29, 0.717) is 32.8 Å². The van der Waals surface area contributed by atoms with Crippen LogP contribution in [0, 0.1) is 0 Å². The first-order chi connectivity index (χ1) is 17.8. The average molecular weight is 535 g/mol. The molecule has 6 rings (SSSR count). The fraction of sp³-hybridized carbons (Fsp3) is 0.400. The predicted molar refractivity (Wildman–Crippen MR) is 121 cm³/mol. The Labute approximate surface area is 209 Å². The number of aromatic nitrogens is 2. The molecule has 4 aliphatic heterocycles. The van der Waals surface area contributed by atoms with Crippen LogP contribution in [-0.2, 0) is 19.0 Å². The van der Waals surface area contributed by atoms with Crippen molar-refractivity contribution in [2.24, 2.45) is 11.5 Å². The highest BCUT2D eigenvalue weighted by Gasteiger charge is 2.52. The van der Waals surface area contributed by atoms with Gasteiger partial charge in [-0.05, 0) is 0 Å². The van der Waals surface area contributed by atoms with Gasteiger partial charge in [0.15, 0.2) is 24.3 Å². The van der Waals surface area contributed by atoms with Gasteiger partial charge in [-0.1, -0.05) is 12.2 Å². The Kier molecular flexibility index (Phi) is 5.53. The maximum Gasteiger partial charge on any atom is 0.442 e. The number of carbonyl (C=O) groups is 2. The zero-order valence-corrected chi connectivity index (χ0v) is 19.9. The molecule has 16 nitrogen and oxygen atoms in total. The van der Waals surface area contributed by atoms with E-state index >= 15 is 0 Å². The summed E-state index contributed by atoms with van der Waals surface area (Å²) in [7, 11) is -4.98. The van der Waals surface area contributed by atoms with Gasteiger partial charge in [0, 0.05) is 24.2 Å². The monoisotopic (exact) mass is 534 g/mol. The number of carbonyl (C=O) groups excluding carboxylic acids is 2. The Bertz CT molecular complexity index is 1280. The number of hydrogen-bond donors (Lipinski definition) is 2. The third-order valence-corrected chi connectivity index (χ3v) is 7.38. The zero-order valence-electron chi connectivity index (χ0n) is 19.1. The summed E-state index contributed by atoms with van der Waals surface area (Å²) in [5, 5.41) is 1.34. The second-order valence-corrected chi connectivity index (χ2v) is 9.81. The molecule has 4 N–H and O–H groups in total. The Morgan fingerprint density at radius 1 is 0.838 bits per heavy atom. The number of nitrogens with zero attached hydrogens (tertiary/aromatic N) is 6. The number of fused-ring (bicyclic) bond motifs is 4. The van der Waals surface area contributed by atoms with Crippen LogP contribution in [0.1, 0.15) is 11.5 Å². The number of hydroxylamine groups is 4. The van der Waals surface area contributed by atoms with Crippen LogP contribution in [0.3, 0.4) is 0 Å². The van der Waals surface area contributed by atoms with Gasteiger partial charge in [-0.25, -0.2) is 19.6 Å². The van der Waals surface area contributed by atoms with E-state index in [1.807, 2.05) is 0 Å². The molecule has 0 spiro atoms. The molecule has 2 saturated heterocycles. The molecule has 0 radical (unpaired) electrons. The quantitative estimate of drug-likeness (QED) is 0.424. The number of urea groups is 2. The van der Waals surface area contributed by atoms with E-state index in [1.165, 1.54) is 35.0 Å². The smallest absolute Gasteiger partial charge is 0.442 e. The van der Waals surface area contributed by atoms with Gasteiger partial charge in [0.2, 0.25) is 0 Å². The van der Waals surface area contributed by atoms with Crippen LogP contribution in [0.5, 0.6) is 0 Å². The van der Waals surface area contributed by atoms with Crippen molar-refractivity contribution in [1.82, 2.24) is 29.9 Å². The minimum absolute atomic E-state index is 0.0893. The van der Waals surface area contributed by atoms with Crippen LogP contribution in [0.2, 0.25) is 0 Å². The van der Waals surface area contributed by atoms with Gasteiger partial charge < -0.3 is 30.1 Å². The molecule has 17 heteroatoms. The first-order valence-corrected chi connectivity index (χ1v) is 12.6. The fourth-order valence-electron chi connectivity index (χ4n) is 5.00. The SMILES string of the molecule is NC[C@@H]1C=C(c2cnco2)[C@@H]2CN1C(=O)N2OS(=O)(=O)ON1C(=O)N2C[C@H]1C(c1cnco1)=C[C@H]2CN. The van der Waals surface area contributed by atoms with Crippen molar-refractivity contribution in [2.75, 3.05) is 26.2 Å². The van der Waals surface area contributed by atoms with Gasteiger partial charge in [0.25, 0.3) is 0 Å². The van der Waals surface area contributed by atoms with Crippen LogP contribution >= 0.6 is 0 Å². The van der Waals surface area contributed by atoms with Crippen molar-refractivity contribution in [1.29, 1.82) is 0 Å². The molecule has 4 aliphatic rings. The van der Waals surface area contributed by atoms with Crippen LogP contribution in [0.25, 0.3) is 11.1 Å². The number of nitrogens with two attached hydrogens (primary N) is 2. The van der Waals surface area contributed by atoms with Gasteiger partial charge in [-0.2, -0.15) is 18.5 Å². The molecule has 6 heterocycles. The van der Waals surface area contributed by atoms with Crippen LogP contribution in [0.4, 0.5) is 9.59 Å². The largest absolute Gasteiger partial charge is 0.444 e. The first kappa shape index (κ1) is 23.6. The Morgan fingerprint density at radius 2 is 1.27 bits per heavy atom. The third kappa shape index (κ3) is 3.78. The summed E-state index contributed by atoms with van der Waals surface area (Å²) in [5.74, 6) is 0.659. The van der Waals surface area contributed by atoms with E-state index in [-0.39, 0.29) is 26.2 Å². The van der Waals surface area contributed by atoms with Gasteiger partial charge in [0.05, 0.1) is 37.6 Å². The van der Waals surface area contributed by atoms with Gasteiger partial charge in [-0.15, -0.1) is 8.57 Å². The molecule has 4 amide bonds. The summed E-state index contributed by atoms with van der Waals surface area (Å²) in [6, 6.07) is -4.22. The molecule has 2 fully saturated rings. The summed E-state index contributed by atoms with van der Waals surface area (Å²) in [6.07, 6.45) is 8.69. The summed E-state index contributed by atoms with van der Waals surface area (Å²) in [6.45, 7) is 0.370. The minimum Gasteiger partial charge on any atom is -0.444 e. The van der Waals surface area contributed by atoms with E-state index in [9.17, 15) is 18.0 Å². The Balaban J connectivity index is 1.26. The molecule has 0 unspecified atom stereocenters. The summed E-state index contributed by atoms with van der Waals surface area (Å²) >= 11 is 0. The third-order valence-electron chi connectivity index (χ3n) is 6.70. The van der Waals surface area contributed by atoms with E-state index < -0.39 is 46.6 Å². The van der Waals surface area contributed by atoms with Crippen molar-refractivity contribution < 1.29 is 35.4 Å². The molecule has 2 aromatic rings. The maximum absolute atomic E-state index is 13.1. The van der Waals surface area contributed by atoms with Crippen LogP contribution in [-0.4, -0.2) is 101 Å². The van der Waals surface area contributed by atoms with E-state index in [4.69, 9.17) is 28.9 Å². The molecular formula is C20H22N8O8S. The van der Waals surface area contributed by atoms with Crippen molar-refractivity contribution >= 4 is 33.6 Å². The Morgan fingerprint density at radius 3 is 1.62 bits per heavy atom. The van der Waals surface area contributed by atoms with E-state index in [2.05, 4.69) is 9.97 Å². The molecule has 0 saturated carbocycles. The fourth-order valence-corrected chi connectivity index (χ4v) is 5.75. The van der Waals surface area contributed by atoms with Crippen LogP contribution in [0.15, 0.2) is 46.2 Å². The first-order valence-electron chi connectivity index (χ1n) is 11.3. The molecule has 0 aliphatic carbocycles. The van der Waals surface area contributed by atoms with Crippen molar-refractivity contribution in [2.45, 2.75) is 24.2 Å². The standard InChI is InChI=1S/C20H22N8O8S/c21-3-11-1-13(17-5-23-9-33-17)15-7-25(11)19(29)27(15)35-37(31,32)36-28-16-8-26(20(28)30)12(4-22)2-14(16)18-6-24-10-34-18/h1-2,5-6,9-12,15-16H,3-4,7-8,21-22H2/t11-,12-,15-,16-/m0/s1. The van der Waals surface area contributed by atoms with Crippen molar-refractivity contribution in [3.8, 4) is 0 Å². The topological polar surface area (TPSA) is 204 Å². The minimum atomic E-state index is -4.98. The molecule has 37 heavy (non-hydrogen) atoms. The second kappa shape index (κ2) is 8.67. The normalized spacial score (nSPS) is 27.3. The molecule has 4 atom stereocenters. The molecule has 0 aromatic carbocycles. The molecule has 4 bridgehead atoms. The van der Waals surface area contributed by atoms with Gasteiger partial charge >= 0.3 is 22.5 Å². The summed E-state index contributed by atoms with van der Waals surface area (Å²) in [5.41, 5.74) is 12.6. The summed E-state index contributed by atoms with van der Waals surface area (Å²) < 4.78 is 47.2. The van der Waals surface area contributed by atoms with Crippen LogP contribution < -0.4 is 11.5 Å². The highest BCUT2D eigenvalue weighted by molar-refractivity contribution is 7.81. The molecular weight excluding hydrogens is 512 g/mol. The highest BCUT2D eigenvalue weighted by atomic mass is 32.3. The van der Waals surface area contributed by atoms with Gasteiger partial charge in [-0.3, -0.25) is 0 Å². The molecule has 196 valence electrons. The van der Waals surface area contributed by atoms with Crippen molar-refractivity contribution in [3.63, 3.8) is 0 Å². The number of hydrogen-bond acceptors (Lipinski definition) is 12. The maximum atomic E-state index is 13.1. The molecule has 2 aromatic heterocycles. The summed E-state index contributed by atoms with van der Waals surface area (Å²) in [4.78, 5) is 36.6. The lowest BCUT2D eigenvalue weighted by Crippen LogP contribution is -2.43. The lowest BCUT2D eigenvalue weighted by Gasteiger charge is -2.28. The highest BCUT2D eigenvalue weighted by Crippen LogP contribution is 2.38. The second-order valence-electron chi connectivity index (χ2n) is 8.69. The predicted octanol–water partition coefficient (Wildman–Crippen LogP) is -0.868. The van der Waals surface area contributed by atoms with E-state index in [0.717, 1.165) is 0 Å². The lowest BCUT2D eigenvalue weighted by molar-refractivity contribution is -0.0705. The Hall–Kier alpha value is -3.77. The van der Waals surface area contributed by atoms with Gasteiger partial charge in [0.1, 0.15) is 12.1 Å². The number of rotatable bonds is 8. The van der Waals surface area contributed by atoms with E-state index in [1.54, 1.807) is 12.2 Å². The number of amides is 4. The lowest BCUT2D eigenvalue weighted by atomic mass is 9.98.